The first kappa shape index (κ1) is 15.8. The molecule has 0 aliphatic carbocycles. The van der Waals surface area contributed by atoms with Crippen molar-refractivity contribution in [3.63, 3.8) is 0 Å². The van der Waals surface area contributed by atoms with Gasteiger partial charge in [-0.25, -0.2) is 4.79 Å². The maximum atomic E-state index is 11.8. The summed E-state index contributed by atoms with van der Waals surface area (Å²) in [6, 6.07) is -0.0861. The summed E-state index contributed by atoms with van der Waals surface area (Å²) in [6.07, 6.45) is 2.77. The van der Waals surface area contributed by atoms with Crippen LogP contribution in [-0.2, 0) is 4.79 Å². The number of aliphatic carboxylic acids is 1. The molecule has 1 saturated heterocycles. The molecule has 2 amide bonds. The molecule has 2 unspecified atom stereocenters. The molecule has 1 fully saturated rings. The summed E-state index contributed by atoms with van der Waals surface area (Å²) in [5.74, 6) is -0.653. The number of piperidine rings is 1. The minimum Gasteiger partial charge on any atom is -0.481 e. The normalized spacial score (nSPS) is 23.2. The number of hydrogen-bond acceptors (Lipinski definition) is 3. The highest BCUT2D eigenvalue weighted by Crippen LogP contribution is 2.16. The topological polar surface area (TPSA) is 89.9 Å². The molecular formula is C13H24N2O4. The van der Waals surface area contributed by atoms with E-state index in [-0.39, 0.29) is 24.5 Å². The van der Waals surface area contributed by atoms with E-state index in [1.807, 2.05) is 6.92 Å². The van der Waals surface area contributed by atoms with E-state index in [9.17, 15) is 14.7 Å². The first-order valence-electron chi connectivity index (χ1n) is 6.93. The van der Waals surface area contributed by atoms with Crippen LogP contribution in [-0.4, -0.2) is 52.9 Å². The predicted octanol–water partition coefficient (Wildman–Crippen LogP) is 1.04. The van der Waals surface area contributed by atoms with Crippen LogP contribution in [0, 0.1) is 5.92 Å². The Hall–Kier alpha value is -1.30. The van der Waals surface area contributed by atoms with Gasteiger partial charge in [0.05, 0.1) is 6.10 Å². The molecule has 6 nitrogen and oxygen atoms in total. The fourth-order valence-electron chi connectivity index (χ4n) is 2.20. The van der Waals surface area contributed by atoms with Crippen LogP contribution in [0.4, 0.5) is 4.79 Å². The van der Waals surface area contributed by atoms with Gasteiger partial charge >= 0.3 is 12.0 Å². The van der Waals surface area contributed by atoms with Crippen LogP contribution in [0.5, 0.6) is 0 Å². The van der Waals surface area contributed by atoms with Crippen molar-refractivity contribution in [1.82, 2.24) is 10.2 Å². The Morgan fingerprint density at radius 1 is 1.32 bits per heavy atom. The molecule has 1 aliphatic heterocycles. The van der Waals surface area contributed by atoms with E-state index in [1.54, 1.807) is 4.90 Å². The zero-order valence-electron chi connectivity index (χ0n) is 11.5. The fraction of sp³-hybridized carbons (Fsp3) is 0.846. The average molecular weight is 272 g/mol. The summed E-state index contributed by atoms with van der Waals surface area (Å²) in [6.45, 7) is 3.70. The molecule has 1 rings (SSSR count). The lowest BCUT2D eigenvalue weighted by molar-refractivity contribution is -0.137. The third-order valence-electron chi connectivity index (χ3n) is 3.49. The van der Waals surface area contributed by atoms with Gasteiger partial charge in [-0.3, -0.25) is 4.79 Å². The van der Waals surface area contributed by atoms with Crippen molar-refractivity contribution in [2.24, 2.45) is 5.92 Å². The highest BCUT2D eigenvalue weighted by molar-refractivity contribution is 5.74. The Balaban J connectivity index is 2.09. The third kappa shape index (κ3) is 5.92. The number of hydrogen-bond donors (Lipinski definition) is 3. The molecule has 0 aromatic carbocycles. The highest BCUT2D eigenvalue weighted by Gasteiger charge is 2.26. The number of unbranched alkanes of at least 4 members (excludes halogenated alkanes) is 2. The van der Waals surface area contributed by atoms with Crippen LogP contribution in [0.2, 0.25) is 0 Å². The number of carbonyl (C=O) groups is 2. The zero-order valence-corrected chi connectivity index (χ0v) is 11.5. The van der Waals surface area contributed by atoms with Crippen molar-refractivity contribution in [3.05, 3.63) is 0 Å². The summed E-state index contributed by atoms with van der Waals surface area (Å²) >= 11 is 0. The quantitative estimate of drug-likeness (QED) is 0.630. The summed E-state index contributed by atoms with van der Waals surface area (Å²) < 4.78 is 0. The summed E-state index contributed by atoms with van der Waals surface area (Å²) in [5.41, 5.74) is 0. The SMILES string of the molecule is CC1CN(C(=O)NCCCCCC(=O)O)CCC1O. The van der Waals surface area contributed by atoms with E-state index < -0.39 is 5.97 Å². The molecular weight excluding hydrogens is 248 g/mol. The van der Waals surface area contributed by atoms with Gasteiger partial charge in [0.15, 0.2) is 0 Å². The van der Waals surface area contributed by atoms with Gasteiger partial charge in [0, 0.05) is 26.1 Å². The fourth-order valence-corrected chi connectivity index (χ4v) is 2.20. The van der Waals surface area contributed by atoms with Gasteiger partial charge in [-0.2, -0.15) is 0 Å². The Bertz CT molecular complexity index is 309. The van der Waals surface area contributed by atoms with Crippen molar-refractivity contribution in [3.8, 4) is 0 Å². The van der Waals surface area contributed by atoms with Crippen molar-refractivity contribution < 1.29 is 19.8 Å². The molecule has 0 bridgehead atoms. The van der Waals surface area contributed by atoms with Crippen molar-refractivity contribution in [2.45, 2.75) is 45.1 Å². The monoisotopic (exact) mass is 272 g/mol. The average Bonchev–Trinajstić information content (AvgIpc) is 2.36. The molecule has 19 heavy (non-hydrogen) atoms. The first-order chi connectivity index (χ1) is 9.00. The van der Waals surface area contributed by atoms with Crippen LogP contribution < -0.4 is 5.32 Å². The smallest absolute Gasteiger partial charge is 0.317 e. The van der Waals surface area contributed by atoms with Gasteiger partial charge in [0.1, 0.15) is 0 Å². The molecule has 110 valence electrons. The van der Waals surface area contributed by atoms with E-state index in [0.29, 0.717) is 32.5 Å². The molecule has 1 aliphatic rings. The van der Waals surface area contributed by atoms with Gasteiger partial charge in [0.2, 0.25) is 0 Å². The summed E-state index contributed by atoms with van der Waals surface area (Å²) in [5, 5.41) is 20.9. The lowest BCUT2D eigenvalue weighted by atomic mass is 9.97. The molecule has 0 aromatic heterocycles. The molecule has 0 saturated carbocycles. The van der Waals surface area contributed by atoms with Gasteiger partial charge in [-0.1, -0.05) is 13.3 Å². The lowest BCUT2D eigenvalue weighted by Crippen LogP contribution is -2.49. The first-order valence-corrected chi connectivity index (χ1v) is 6.93. The summed E-state index contributed by atoms with van der Waals surface area (Å²) in [4.78, 5) is 23.9. The second-order valence-corrected chi connectivity index (χ2v) is 5.22. The number of aliphatic hydroxyl groups is 1. The number of amides is 2. The van der Waals surface area contributed by atoms with Crippen molar-refractivity contribution in [1.29, 1.82) is 0 Å². The minimum absolute atomic E-state index is 0.0861. The zero-order chi connectivity index (χ0) is 14.3. The number of carbonyl (C=O) groups excluding carboxylic acids is 1. The van der Waals surface area contributed by atoms with Crippen LogP contribution >= 0.6 is 0 Å². The molecule has 3 N–H and O–H groups in total. The Morgan fingerprint density at radius 2 is 2.05 bits per heavy atom. The Morgan fingerprint density at radius 3 is 2.68 bits per heavy atom. The van der Waals surface area contributed by atoms with Gasteiger partial charge in [-0.05, 0) is 25.2 Å². The second kappa shape index (κ2) is 7.99. The molecule has 0 radical (unpaired) electrons. The van der Waals surface area contributed by atoms with Gasteiger partial charge < -0.3 is 20.4 Å². The van der Waals surface area contributed by atoms with Crippen LogP contribution in [0.15, 0.2) is 0 Å². The maximum absolute atomic E-state index is 11.8. The molecule has 0 spiro atoms. The van der Waals surface area contributed by atoms with Gasteiger partial charge in [0.25, 0.3) is 0 Å². The molecule has 6 heteroatoms. The molecule has 1 heterocycles. The number of carboxylic acids is 1. The Kier molecular flexibility index (Phi) is 6.62. The van der Waals surface area contributed by atoms with Crippen molar-refractivity contribution in [2.75, 3.05) is 19.6 Å². The number of urea groups is 1. The number of aliphatic hydroxyl groups excluding tert-OH is 1. The number of likely N-dealkylation sites (tertiary alicyclic amines) is 1. The Labute approximate surface area is 113 Å². The van der Waals surface area contributed by atoms with E-state index in [0.717, 1.165) is 12.8 Å². The number of nitrogens with one attached hydrogen (secondary N) is 1. The molecule has 0 aromatic rings. The second-order valence-electron chi connectivity index (χ2n) is 5.22. The highest BCUT2D eigenvalue weighted by atomic mass is 16.4. The number of nitrogens with zero attached hydrogens (tertiary/aromatic N) is 1. The van der Waals surface area contributed by atoms with Crippen LogP contribution in [0.3, 0.4) is 0 Å². The van der Waals surface area contributed by atoms with Crippen molar-refractivity contribution >= 4 is 12.0 Å². The number of rotatable bonds is 6. The lowest BCUT2D eigenvalue weighted by Gasteiger charge is -2.34. The van der Waals surface area contributed by atoms with E-state index in [1.165, 1.54) is 0 Å². The minimum atomic E-state index is -0.773. The maximum Gasteiger partial charge on any atom is 0.317 e. The van der Waals surface area contributed by atoms with Gasteiger partial charge in [-0.15, -0.1) is 0 Å². The van der Waals surface area contributed by atoms with E-state index in [2.05, 4.69) is 5.32 Å². The number of carboxylic acid groups (broad SMARTS) is 1. The van der Waals surface area contributed by atoms with Crippen LogP contribution in [0.1, 0.15) is 39.0 Å². The van der Waals surface area contributed by atoms with E-state index >= 15 is 0 Å². The van der Waals surface area contributed by atoms with Crippen LogP contribution in [0.25, 0.3) is 0 Å². The molecule has 2 atom stereocenters. The van der Waals surface area contributed by atoms with E-state index in [4.69, 9.17) is 5.11 Å². The third-order valence-corrected chi connectivity index (χ3v) is 3.49. The summed E-state index contributed by atoms with van der Waals surface area (Å²) in [7, 11) is 0. The largest absolute Gasteiger partial charge is 0.481 e. The standard InChI is InChI=1S/C13H24N2O4/c1-10-9-15(8-6-11(10)16)13(19)14-7-4-2-3-5-12(17)18/h10-11,16H,2-9H2,1H3,(H,14,19)(H,17,18). The predicted molar refractivity (Wildman–Crippen MR) is 70.9 cm³/mol.